The second-order valence-corrected chi connectivity index (χ2v) is 9.82. The highest BCUT2D eigenvalue weighted by Crippen LogP contribution is 2.42. The third-order valence-electron chi connectivity index (χ3n) is 4.78. The Morgan fingerprint density at radius 1 is 1.03 bits per heavy atom. The standard InChI is InChI=1S/C19H15BrF6N2O3S/c1-9-3-11-4-14(20)8-16(17(11)28(9)10(2)29)32(30,31)27-15-6-12(18(21,22)23)5-13(7-15)19(24,25)26/h4-9,27H,3H2,1-2H3. The number of nitrogens with one attached hydrogen (secondary N) is 1. The maximum Gasteiger partial charge on any atom is 0.416 e. The topological polar surface area (TPSA) is 66.5 Å². The van der Waals surface area contributed by atoms with Crippen LogP contribution in [-0.2, 0) is 33.6 Å². The number of alkyl halides is 6. The van der Waals surface area contributed by atoms with Gasteiger partial charge in [-0.1, -0.05) is 15.9 Å². The van der Waals surface area contributed by atoms with Gasteiger partial charge in [-0.05, 0) is 49.2 Å². The summed E-state index contributed by atoms with van der Waals surface area (Å²) in [6.45, 7) is 2.90. The molecule has 0 aromatic heterocycles. The molecule has 1 amide bonds. The summed E-state index contributed by atoms with van der Waals surface area (Å²) in [5, 5.41) is 0. The summed E-state index contributed by atoms with van der Waals surface area (Å²) >= 11 is 3.15. The third-order valence-corrected chi connectivity index (χ3v) is 6.64. The molecule has 0 fully saturated rings. The molecule has 1 heterocycles. The molecule has 1 aliphatic rings. The molecule has 13 heteroatoms. The molecule has 2 aromatic carbocycles. The summed E-state index contributed by atoms with van der Waals surface area (Å²) in [5.41, 5.74) is -3.72. The quantitative estimate of drug-likeness (QED) is 0.512. The molecule has 0 radical (unpaired) electrons. The van der Waals surface area contributed by atoms with E-state index in [-0.39, 0.29) is 23.9 Å². The molecule has 2 aromatic rings. The van der Waals surface area contributed by atoms with Gasteiger partial charge in [0.25, 0.3) is 10.0 Å². The van der Waals surface area contributed by atoms with Gasteiger partial charge >= 0.3 is 12.4 Å². The van der Waals surface area contributed by atoms with Gasteiger partial charge < -0.3 is 4.90 Å². The zero-order valence-electron chi connectivity index (χ0n) is 16.4. The number of hydrogen-bond acceptors (Lipinski definition) is 3. The van der Waals surface area contributed by atoms with Crippen LogP contribution in [0, 0.1) is 0 Å². The van der Waals surface area contributed by atoms with Crippen molar-refractivity contribution < 1.29 is 39.6 Å². The normalized spacial score (nSPS) is 16.8. The third kappa shape index (κ3) is 4.72. The summed E-state index contributed by atoms with van der Waals surface area (Å²) in [7, 11) is -4.68. The molecular weight excluding hydrogens is 530 g/mol. The second-order valence-electron chi connectivity index (χ2n) is 7.25. The van der Waals surface area contributed by atoms with Crippen molar-refractivity contribution in [3.8, 4) is 0 Å². The van der Waals surface area contributed by atoms with Crippen molar-refractivity contribution in [1.29, 1.82) is 0 Å². The largest absolute Gasteiger partial charge is 0.416 e. The number of benzene rings is 2. The first-order valence-corrected chi connectivity index (χ1v) is 11.2. The monoisotopic (exact) mass is 544 g/mol. The van der Waals surface area contributed by atoms with Gasteiger partial charge in [-0.25, -0.2) is 8.42 Å². The number of carbonyl (C=O) groups is 1. The molecule has 3 rings (SSSR count). The number of hydrogen-bond donors (Lipinski definition) is 1. The Kier molecular flexibility index (Phi) is 6.05. The van der Waals surface area contributed by atoms with Crippen molar-refractivity contribution >= 4 is 43.2 Å². The molecule has 32 heavy (non-hydrogen) atoms. The Morgan fingerprint density at radius 2 is 1.56 bits per heavy atom. The van der Waals surface area contributed by atoms with Gasteiger partial charge in [0.05, 0.1) is 22.5 Å². The highest BCUT2D eigenvalue weighted by atomic mass is 79.9. The van der Waals surface area contributed by atoms with E-state index in [0.29, 0.717) is 16.5 Å². The summed E-state index contributed by atoms with van der Waals surface area (Å²) < 4.78 is 107. The zero-order valence-corrected chi connectivity index (χ0v) is 18.8. The second kappa shape index (κ2) is 7.94. The van der Waals surface area contributed by atoms with Gasteiger partial charge in [0.2, 0.25) is 5.91 Å². The van der Waals surface area contributed by atoms with E-state index in [0.717, 1.165) is 6.07 Å². The summed E-state index contributed by atoms with van der Waals surface area (Å²) in [4.78, 5) is 12.9. The number of amides is 1. The predicted molar refractivity (Wildman–Crippen MR) is 108 cm³/mol. The Labute approximate surface area is 187 Å². The Morgan fingerprint density at radius 3 is 2.03 bits per heavy atom. The Hall–Kier alpha value is -2.28. The fraction of sp³-hybridized carbons (Fsp3) is 0.316. The maximum absolute atomic E-state index is 13.1. The van der Waals surface area contributed by atoms with Gasteiger partial charge in [-0.3, -0.25) is 9.52 Å². The SMILES string of the molecule is CC(=O)N1c2c(cc(Br)cc2S(=O)(=O)Nc2cc(C(F)(F)F)cc(C(F)(F)F)c2)CC1C. The van der Waals surface area contributed by atoms with E-state index < -0.39 is 56.0 Å². The first-order valence-electron chi connectivity index (χ1n) is 8.95. The summed E-state index contributed by atoms with van der Waals surface area (Å²) in [6.07, 6.45) is -9.96. The number of halogens is 7. The van der Waals surface area contributed by atoms with Crippen LogP contribution >= 0.6 is 15.9 Å². The summed E-state index contributed by atoms with van der Waals surface area (Å²) in [5.74, 6) is -0.464. The molecule has 0 saturated carbocycles. The van der Waals surface area contributed by atoms with Crippen LogP contribution in [0.3, 0.4) is 0 Å². The lowest BCUT2D eigenvalue weighted by Crippen LogP contribution is -2.34. The molecule has 1 unspecified atom stereocenters. The zero-order chi connectivity index (χ0) is 24.2. The van der Waals surface area contributed by atoms with Crippen molar-refractivity contribution in [1.82, 2.24) is 0 Å². The highest BCUT2D eigenvalue weighted by molar-refractivity contribution is 9.10. The highest BCUT2D eigenvalue weighted by Gasteiger charge is 2.39. The first-order chi connectivity index (χ1) is 14.5. The predicted octanol–water partition coefficient (Wildman–Crippen LogP) is 5.59. The minimum Gasteiger partial charge on any atom is -0.308 e. The Bertz CT molecular complexity index is 1160. The molecule has 1 atom stereocenters. The van der Waals surface area contributed by atoms with E-state index in [1.54, 1.807) is 17.7 Å². The molecule has 0 aliphatic carbocycles. The minimum atomic E-state index is -5.14. The number of carbonyl (C=O) groups excluding carboxylic acids is 1. The molecule has 1 N–H and O–H groups in total. The molecule has 174 valence electrons. The van der Waals surface area contributed by atoms with Crippen LogP contribution in [-0.4, -0.2) is 20.4 Å². The lowest BCUT2D eigenvalue weighted by molar-refractivity contribution is -0.143. The first kappa shape index (κ1) is 24.4. The van der Waals surface area contributed by atoms with E-state index in [1.165, 1.54) is 11.8 Å². The average Bonchev–Trinajstić information content (AvgIpc) is 2.94. The molecular formula is C19H15BrF6N2O3S. The van der Waals surface area contributed by atoms with Crippen LogP contribution < -0.4 is 9.62 Å². The van der Waals surface area contributed by atoms with Gasteiger partial charge in [0, 0.05) is 17.4 Å². The fourth-order valence-corrected chi connectivity index (χ4v) is 5.54. The number of sulfonamides is 1. The van der Waals surface area contributed by atoms with Crippen LogP contribution in [0.4, 0.5) is 37.7 Å². The van der Waals surface area contributed by atoms with E-state index >= 15 is 0 Å². The minimum absolute atomic E-state index is 0.0312. The molecule has 0 saturated heterocycles. The summed E-state index contributed by atoms with van der Waals surface area (Å²) in [6, 6.07) is 2.78. The van der Waals surface area contributed by atoms with Crippen LogP contribution in [0.2, 0.25) is 0 Å². The lowest BCUT2D eigenvalue weighted by atomic mass is 10.1. The van der Waals surface area contributed by atoms with E-state index in [1.807, 2.05) is 0 Å². The van der Waals surface area contributed by atoms with Crippen LogP contribution in [0.5, 0.6) is 0 Å². The molecule has 0 bridgehead atoms. The van der Waals surface area contributed by atoms with E-state index in [4.69, 9.17) is 0 Å². The Balaban J connectivity index is 2.16. The van der Waals surface area contributed by atoms with Crippen molar-refractivity contribution in [3.05, 3.63) is 51.5 Å². The fourth-order valence-electron chi connectivity index (χ4n) is 3.58. The average molecular weight is 545 g/mol. The van der Waals surface area contributed by atoms with Crippen LogP contribution in [0.15, 0.2) is 39.7 Å². The van der Waals surface area contributed by atoms with Crippen molar-refractivity contribution in [2.45, 2.75) is 43.6 Å². The molecule has 0 spiro atoms. The van der Waals surface area contributed by atoms with Crippen molar-refractivity contribution in [2.24, 2.45) is 0 Å². The van der Waals surface area contributed by atoms with Crippen molar-refractivity contribution in [2.75, 3.05) is 9.62 Å². The number of rotatable bonds is 3. The molecule has 5 nitrogen and oxygen atoms in total. The van der Waals surface area contributed by atoms with E-state index in [9.17, 15) is 39.6 Å². The van der Waals surface area contributed by atoms with Crippen LogP contribution in [0.1, 0.15) is 30.5 Å². The lowest BCUT2D eigenvalue weighted by Gasteiger charge is -2.23. The maximum atomic E-state index is 13.1. The van der Waals surface area contributed by atoms with Gasteiger partial charge in [-0.15, -0.1) is 0 Å². The molecule has 1 aliphatic heterocycles. The number of nitrogens with zero attached hydrogens (tertiary/aromatic N) is 1. The van der Waals surface area contributed by atoms with Gasteiger partial charge in [-0.2, -0.15) is 26.3 Å². The van der Waals surface area contributed by atoms with Crippen LogP contribution in [0.25, 0.3) is 0 Å². The number of anilines is 2. The smallest absolute Gasteiger partial charge is 0.308 e. The number of fused-ring (bicyclic) bond motifs is 1. The van der Waals surface area contributed by atoms with Crippen molar-refractivity contribution in [3.63, 3.8) is 0 Å². The van der Waals surface area contributed by atoms with E-state index in [2.05, 4.69) is 15.9 Å². The van der Waals surface area contributed by atoms with Gasteiger partial charge in [0.1, 0.15) is 4.90 Å². The van der Waals surface area contributed by atoms with Gasteiger partial charge in [0.15, 0.2) is 0 Å².